The fourth-order valence-electron chi connectivity index (χ4n) is 1.74. The molecule has 0 bridgehead atoms. The lowest BCUT2D eigenvalue weighted by Crippen LogP contribution is -2.05. The van der Waals surface area contributed by atoms with E-state index in [4.69, 9.17) is 5.73 Å². The molecule has 2 N–H and O–H groups in total. The van der Waals surface area contributed by atoms with Crippen LogP contribution in [0, 0.1) is 10.1 Å². The molecule has 4 heteroatoms. The molecular formula is C9H10N2O2. The van der Waals surface area contributed by atoms with Crippen molar-refractivity contribution in [1.82, 2.24) is 0 Å². The summed E-state index contributed by atoms with van der Waals surface area (Å²) in [4.78, 5) is 10.1. The summed E-state index contributed by atoms with van der Waals surface area (Å²) in [6.45, 7) is 0. The highest BCUT2D eigenvalue weighted by molar-refractivity contribution is 5.43. The first-order chi connectivity index (χ1) is 6.18. The Bertz CT molecular complexity index is 363. The van der Waals surface area contributed by atoms with Crippen LogP contribution in [0.4, 0.5) is 5.69 Å². The molecule has 2 rings (SSSR count). The largest absolute Gasteiger partial charge is 0.324 e. The van der Waals surface area contributed by atoms with Gasteiger partial charge in [-0.25, -0.2) is 0 Å². The molecule has 4 nitrogen and oxygen atoms in total. The molecule has 0 amide bonds. The van der Waals surface area contributed by atoms with Gasteiger partial charge in [-0.1, -0.05) is 6.07 Å². The SMILES string of the molecule is N[C@@H]1CCc2ccc([N+](=O)[O-])cc21. The maximum absolute atomic E-state index is 10.5. The summed E-state index contributed by atoms with van der Waals surface area (Å²) in [5, 5.41) is 10.5. The highest BCUT2D eigenvalue weighted by Crippen LogP contribution is 2.31. The summed E-state index contributed by atoms with van der Waals surface area (Å²) in [7, 11) is 0. The Kier molecular flexibility index (Phi) is 1.77. The lowest BCUT2D eigenvalue weighted by Gasteiger charge is -2.03. The Morgan fingerprint density at radius 2 is 2.31 bits per heavy atom. The third-order valence-corrected chi connectivity index (χ3v) is 2.46. The lowest BCUT2D eigenvalue weighted by atomic mass is 10.1. The predicted molar refractivity (Wildman–Crippen MR) is 48.3 cm³/mol. The normalized spacial score (nSPS) is 19.9. The zero-order valence-electron chi connectivity index (χ0n) is 7.06. The number of benzene rings is 1. The summed E-state index contributed by atoms with van der Waals surface area (Å²) in [5.41, 5.74) is 8.02. The van der Waals surface area contributed by atoms with Gasteiger partial charge in [-0.15, -0.1) is 0 Å². The molecule has 0 radical (unpaired) electrons. The minimum absolute atomic E-state index is 0.0186. The Hall–Kier alpha value is -1.42. The van der Waals surface area contributed by atoms with Gasteiger partial charge in [0.05, 0.1) is 4.92 Å². The number of nitrogens with zero attached hydrogens (tertiary/aromatic N) is 1. The van der Waals surface area contributed by atoms with Crippen molar-refractivity contribution in [2.75, 3.05) is 0 Å². The van der Waals surface area contributed by atoms with E-state index in [0.29, 0.717) is 0 Å². The van der Waals surface area contributed by atoms with E-state index in [0.717, 1.165) is 24.0 Å². The first kappa shape index (κ1) is 8.19. The Balaban J connectivity index is 2.47. The highest BCUT2D eigenvalue weighted by Gasteiger charge is 2.21. The van der Waals surface area contributed by atoms with E-state index in [1.807, 2.05) is 0 Å². The van der Waals surface area contributed by atoms with Gasteiger partial charge in [0.25, 0.3) is 5.69 Å². The number of nitrogens with two attached hydrogens (primary N) is 1. The molecule has 1 aromatic rings. The second-order valence-electron chi connectivity index (χ2n) is 3.29. The zero-order valence-corrected chi connectivity index (χ0v) is 7.06. The summed E-state index contributed by atoms with van der Waals surface area (Å²) in [6.07, 6.45) is 1.84. The van der Waals surface area contributed by atoms with Gasteiger partial charge in [-0.2, -0.15) is 0 Å². The number of nitro groups is 1. The van der Waals surface area contributed by atoms with Gasteiger partial charge in [0, 0.05) is 18.2 Å². The Morgan fingerprint density at radius 1 is 1.54 bits per heavy atom. The van der Waals surface area contributed by atoms with Gasteiger partial charge in [0.2, 0.25) is 0 Å². The molecule has 0 unspecified atom stereocenters. The molecule has 0 heterocycles. The topological polar surface area (TPSA) is 69.2 Å². The molecule has 0 saturated heterocycles. The van der Waals surface area contributed by atoms with E-state index in [1.165, 1.54) is 6.07 Å². The van der Waals surface area contributed by atoms with Crippen LogP contribution in [-0.4, -0.2) is 4.92 Å². The number of hydrogen-bond donors (Lipinski definition) is 1. The minimum atomic E-state index is -0.384. The van der Waals surface area contributed by atoms with Crippen LogP contribution >= 0.6 is 0 Å². The second-order valence-corrected chi connectivity index (χ2v) is 3.29. The van der Waals surface area contributed by atoms with Crippen LogP contribution < -0.4 is 5.73 Å². The molecule has 68 valence electrons. The van der Waals surface area contributed by atoms with Gasteiger partial charge in [-0.3, -0.25) is 10.1 Å². The van der Waals surface area contributed by atoms with Gasteiger partial charge in [0.1, 0.15) is 0 Å². The summed E-state index contributed by atoms with van der Waals surface area (Å²) in [5.74, 6) is 0. The molecule has 0 fully saturated rings. The lowest BCUT2D eigenvalue weighted by molar-refractivity contribution is -0.384. The molecule has 1 aliphatic rings. The van der Waals surface area contributed by atoms with Crippen molar-refractivity contribution >= 4 is 5.69 Å². The molecular weight excluding hydrogens is 168 g/mol. The third kappa shape index (κ3) is 1.29. The molecule has 0 saturated carbocycles. The van der Waals surface area contributed by atoms with Gasteiger partial charge >= 0.3 is 0 Å². The van der Waals surface area contributed by atoms with E-state index in [9.17, 15) is 10.1 Å². The van der Waals surface area contributed by atoms with Gasteiger partial charge < -0.3 is 5.73 Å². The maximum Gasteiger partial charge on any atom is 0.269 e. The molecule has 0 aliphatic heterocycles. The second kappa shape index (κ2) is 2.81. The number of fused-ring (bicyclic) bond motifs is 1. The van der Waals surface area contributed by atoms with Crippen LogP contribution in [0.2, 0.25) is 0 Å². The monoisotopic (exact) mass is 178 g/mol. The van der Waals surface area contributed by atoms with Crippen molar-refractivity contribution in [3.8, 4) is 0 Å². The molecule has 1 aliphatic carbocycles. The average Bonchev–Trinajstić information content (AvgIpc) is 2.47. The van der Waals surface area contributed by atoms with Crippen molar-refractivity contribution in [1.29, 1.82) is 0 Å². The van der Waals surface area contributed by atoms with Crippen LogP contribution in [0.1, 0.15) is 23.6 Å². The number of rotatable bonds is 1. The Labute approximate surface area is 75.5 Å². The van der Waals surface area contributed by atoms with Crippen LogP contribution in [0.5, 0.6) is 0 Å². The summed E-state index contributed by atoms with van der Waals surface area (Å²) >= 11 is 0. The van der Waals surface area contributed by atoms with Crippen molar-refractivity contribution in [3.05, 3.63) is 39.4 Å². The van der Waals surface area contributed by atoms with Crippen LogP contribution in [0.15, 0.2) is 18.2 Å². The Morgan fingerprint density at radius 3 is 3.00 bits per heavy atom. The molecule has 13 heavy (non-hydrogen) atoms. The van der Waals surface area contributed by atoms with Crippen molar-refractivity contribution < 1.29 is 4.92 Å². The van der Waals surface area contributed by atoms with Crippen LogP contribution in [0.25, 0.3) is 0 Å². The van der Waals surface area contributed by atoms with Gasteiger partial charge in [0.15, 0.2) is 0 Å². The molecule has 0 spiro atoms. The van der Waals surface area contributed by atoms with Crippen LogP contribution in [-0.2, 0) is 6.42 Å². The van der Waals surface area contributed by atoms with Crippen LogP contribution in [0.3, 0.4) is 0 Å². The average molecular weight is 178 g/mol. The quantitative estimate of drug-likeness (QED) is 0.523. The number of nitro benzene ring substituents is 1. The number of aryl methyl sites for hydroxylation is 1. The van der Waals surface area contributed by atoms with Crippen molar-refractivity contribution in [2.24, 2.45) is 5.73 Å². The number of hydrogen-bond acceptors (Lipinski definition) is 3. The minimum Gasteiger partial charge on any atom is -0.324 e. The standard InChI is InChI=1S/C9H10N2O2/c10-9-4-2-6-1-3-7(11(12)13)5-8(6)9/h1,3,5,9H,2,4,10H2/t9-/m1/s1. The van der Waals surface area contributed by atoms with E-state index in [-0.39, 0.29) is 16.7 Å². The van der Waals surface area contributed by atoms with E-state index < -0.39 is 0 Å². The van der Waals surface area contributed by atoms with E-state index >= 15 is 0 Å². The van der Waals surface area contributed by atoms with Crippen molar-refractivity contribution in [3.63, 3.8) is 0 Å². The summed E-state index contributed by atoms with van der Waals surface area (Å²) in [6, 6.07) is 4.92. The summed E-state index contributed by atoms with van der Waals surface area (Å²) < 4.78 is 0. The van der Waals surface area contributed by atoms with Crippen molar-refractivity contribution in [2.45, 2.75) is 18.9 Å². The first-order valence-electron chi connectivity index (χ1n) is 4.21. The highest BCUT2D eigenvalue weighted by atomic mass is 16.6. The first-order valence-corrected chi connectivity index (χ1v) is 4.21. The maximum atomic E-state index is 10.5. The zero-order chi connectivity index (χ0) is 9.42. The fraction of sp³-hybridized carbons (Fsp3) is 0.333. The number of non-ortho nitro benzene ring substituents is 1. The van der Waals surface area contributed by atoms with E-state index in [1.54, 1.807) is 12.1 Å². The van der Waals surface area contributed by atoms with E-state index in [2.05, 4.69) is 0 Å². The van der Waals surface area contributed by atoms with Gasteiger partial charge in [-0.05, 0) is 24.0 Å². The predicted octanol–water partition coefficient (Wildman–Crippen LogP) is 1.54. The molecule has 0 aromatic heterocycles. The molecule has 1 aromatic carbocycles. The molecule has 1 atom stereocenters. The fourth-order valence-corrected chi connectivity index (χ4v) is 1.74. The third-order valence-electron chi connectivity index (χ3n) is 2.46. The smallest absolute Gasteiger partial charge is 0.269 e.